The van der Waals surface area contributed by atoms with Gasteiger partial charge in [0, 0.05) is 18.0 Å². The lowest BCUT2D eigenvalue weighted by atomic mass is 10.3. The van der Waals surface area contributed by atoms with Crippen molar-refractivity contribution < 1.29 is 5.11 Å². The van der Waals surface area contributed by atoms with Crippen LogP contribution in [0.1, 0.15) is 16.7 Å². The van der Waals surface area contributed by atoms with Crippen LogP contribution in [-0.4, -0.2) is 29.7 Å². The quantitative estimate of drug-likeness (QED) is 0.818. The van der Waals surface area contributed by atoms with Crippen LogP contribution in [0.4, 0.5) is 0 Å². The fraction of sp³-hybridized carbons (Fsp3) is 0.500. The Kier molecular flexibility index (Phi) is 4.08. The van der Waals surface area contributed by atoms with Crippen LogP contribution in [0.5, 0.6) is 0 Å². The summed E-state index contributed by atoms with van der Waals surface area (Å²) in [6, 6.07) is 5.90. The molecule has 1 aromatic heterocycles. The van der Waals surface area contributed by atoms with Crippen molar-refractivity contribution in [1.82, 2.24) is 4.90 Å². The number of hydrogen-bond acceptors (Lipinski definition) is 4. The summed E-state index contributed by atoms with van der Waals surface area (Å²) in [6.45, 7) is 3.21. The van der Waals surface area contributed by atoms with Gasteiger partial charge in [-0.25, -0.2) is 0 Å². The highest BCUT2D eigenvalue weighted by Crippen LogP contribution is 2.16. The number of hydrogen-bond donors (Lipinski definition) is 1. The van der Waals surface area contributed by atoms with Gasteiger partial charge in [-0.3, -0.25) is 4.90 Å². The molecule has 1 aromatic rings. The lowest BCUT2D eigenvalue weighted by Crippen LogP contribution is -2.26. The maximum absolute atomic E-state index is 9.16. The van der Waals surface area contributed by atoms with Crippen molar-refractivity contribution in [3.8, 4) is 6.07 Å². The van der Waals surface area contributed by atoms with Crippen LogP contribution in [0.3, 0.4) is 0 Å². The van der Waals surface area contributed by atoms with Crippen molar-refractivity contribution in [2.45, 2.75) is 19.6 Å². The zero-order valence-electron chi connectivity index (χ0n) is 8.40. The molecule has 1 rings (SSSR count). The van der Waals surface area contributed by atoms with E-state index in [9.17, 15) is 0 Å². The van der Waals surface area contributed by atoms with Gasteiger partial charge in [0.25, 0.3) is 0 Å². The summed E-state index contributed by atoms with van der Waals surface area (Å²) in [4.78, 5) is 3.94. The standard InChI is InChI=1S/C10H14N2OS/c1-8(13)6-12(2)7-10-4-3-9(5-11)14-10/h3-4,8,13H,6-7H2,1-2H3/t8-/m0/s1. The molecule has 14 heavy (non-hydrogen) atoms. The number of likely N-dealkylation sites (N-methyl/N-ethyl adjacent to an activating group) is 1. The molecule has 0 aliphatic carbocycles. The highest BCUT2D eigenvalue weighted by atomic mass is 32.1. The van der Waals surface area contributed by atoms with Crippen LogP contribution in [-0.2, 0) is 6.54 Å². The number of aliphatic hydroxyl groups excluding tert-OH is 1. The third-order valence-corrected chi connectivity index (χ3v) is 2.75. The van der Waals surface area contributed by atoms with Gasteiger partial charge in [0.05, 0.1) is 6.10 Å². The number of thiophene rings is 1. The average molecular weight is 210 g/mol. The minimum Gasteiger partial charge on any atom is -0.392 e. The lowest BCUT2D eigenvalue weighted by Gasteiger charge is -2.16. The van der Waals surface area contributed by atoms with E-state index >= 15 is 0 Å². The first kappa shape index (κ1) is 11.2. The van der Waals surface area contributed by atoms with Gasteiger partial charge in [-0.05, 0) is 26.1 Å². The van der Waals surface area contributed by atoms with E-state index in [4.69, 9.17) is 10.4 Å². The van der Waals surface area contributed by atoms with E-state index in [1.165, 1.54) is 11.3 Å². The Balaban J connectivity index is 2.48. The molecule has 1 heterocycles. The second kappa shape index (κ2) is 5.11. The number of nitrogens with zero attached hydrogens (tertiary/aromatic N) is 2. The summed E-state index contributed by atoms with van der Waals surface area (Å²) >= 11 is 1.50. The first-order valence-corrected chi connectivity index (χ1v) is 5.29. The van der Waals surface area contributed by atoms with E-state index in [0.717, 1.165) is 16.3 Å². The highest BCUT2D eigenvalue weighted by Gasteiger charge is 2.05. The molecular formula is C10H14N2OS. The molecule has 0 amide bonds. The molecule has 1 atom stereocenters. The summed E-state index contributed by atoms with van der Waals surface area (Å²) < 4.78 is 0. The van der Waals surface area contributed by atoms with Crippen molar-refractivity contribution in [2.24, 2.45) is 0 Å². The van der Waals surface area contributed by atoms with E-state index in [1.54, 1.807) is 6.92 Å². The van der Waals surface area contributed by atoms with Gasteiger partial charge in [-0.15, -0.1) is 11.3 Å². The molecule has 1 N–H and O–H groups in total. The summed E-state index contributed by atoms with van der Waals surface area (Å²) in [6.07, 6.45) is -0.310. The van der Waals surface area contributed by atoms with Crippen molar-refractivity contribution in [3.05, 3.63) is 21.9 Å². The Hall–Kier alpha value is -0.890. The minimum absolute atomic E-state index is 0.310. The fourth-order valence-corrected chi connectivity index (χ4v) is 2.19. The Morgan fingerprint density at radius 3 is 2.86 bits per heavy atom. The maximum atomic E-state index is 9.16. The minimum atomic E-state index is -0.310. The number of nitriles is 1. The van der Waals surface area contributed by atoms with Crippen LogP contribution in [0.15, 0.2) is 12.1 Å². The SMILES string of the molecule is C[C@H](O)CN(C)Cc1ccc(C#N)s1. The largest absolute Gasteiger partial charge is 0.392 e. The molecule has 3 nitrogen and oxygen atoms in total. The second-order valence-corrected chi connectivity index (χ2v) is 4.59. The average Bonchev–Trinajstić information content (AvgIpc) is 2.50. The van der Waals surface area contributed by atoms with E-state index in [2.05, 4.69) is 6.07 Å². The molecule has 0 aliphatic heterocycles. The molecule has 4 heteroatoms. The Morgan fingerprint density at radius 2 is 2.36 bits per heavy atom. The topological polar surface area (TPSA) is 47.3 Å². The van der Waals surface area contributed by atoms with Gasteiger partial charge in [-0.2, -0.15) is 5.26 Å². The van der Waals surface area contributed by atoms with Crippen molar-refractivity contribution in [1.29, 1.82) is 5.26 Å². The summed E-state index contributed by atoms with van der Waals surface area (Å²) in [5.41, 5.74) is 0. The van der Waals surface area contributed by atoms with Crippen molar-refractivity contribution in [2.75, 3.05) is 13.6 Å². The normalized spacial score (nSPS) is 12.8. The maximum Gasteiger partial charge on any atom is 0.110 e. The number of aliphatic hydroxyl groups is 1. The Labute approximate surface area is 88.2 Å². The number of rotatable bonds is 4. The van der Waals surface area contributed by atoms with E-state index < -0.39 is 0 Å². The van der Waals surface area contributed by atoms with Gasteiger partial charge in [0.2, 0.25) is 0 Å². The van der Waals surface area contributed by atoms with Crippen molar-refractivity contribution >= 4 is 11.3 Å². The molecule has 0 fully saturated rings. The summed E-state index contributed by atoms with van der Waals surface area (Å²) in [5.74, 6) is 0. The van der Waals surface area contributed by atoms with Gasteiger partial charge >= 0.3 is 0 Å². The van der Waals surface area contributed by atoms with Crippen molar-refractivity contribution in [3.63, 3.8) is 0 Å². The molecule has 0 unspecified atom stereocenters. The second-order valence-electron chi connectivity index (χ2n) is 3.42. The van der Waals surface area contributed by atoms with Crippen LogP contribution < -0.4 is 0 Å². The molecule has 0 spiro atoms. The zero-order chi connectivity index (χ0) is 10.6. The monoisotopic (exact) mass is 210 g/mol. The molecule has 76 valence electrons. The van der Waals surface area contributed by atoms with E-state index in [-0.39, 0.29) is 6.10 Å². The fourth-order valence-electron chi connectivity index (χ4n) is 1.30. The van der Waals surface area contributed by atoms with Gasteiger partial charge in [-0.1, -0.05) is 0 Å². The van der Waals surface area contributed by atoms with Gasteiger partial charge in [0.1, 0.15) is 10.9 Å². The third kappa shape index (κ3) is 3.46. The van der Waals surface area contributed by atoms with E-state index in [0.29, 0.717) is 6.54 Å². The van der Waals surface area contributed by atoms with Gasteiger partial charge in [0.15, 0.2) is 0 Å². The Bertz CT molecular complexity index is 327. The first-order valence-electron chi connectivity index (χ1n) is 4.47. The molecule has 0 aliphatic rings. The van der Waals surface area contributed by atoms with Gasteiger partial charge < -0.3 is 5.11 Å². The summed E-state index contributed by atoms with van der Waals surface area (Å²) in [5, 5.41) is 17.8. The smallest absolute Gasteiger partial charge is 0.110 e. The van der Waals surface area contributed by atoms with Crippen LogP contribution in [0.25, 0.3) is 0 Å². The molecular weight excluding hydrogens is 196 g/mol. The molecule has 0 aromatic carbocycles. The molecule has 0 saturated heterocycles. The van der Waals surface area contributed by atoms with Crippen LogP contribution in [0, 0.1) is 11.3 Å². The first-order chi connectivity index (χ1) is 6.61. The zero-order valence-corrected chi connectivity index (χ0v) is 9.21. The molecule has 0 saturated carbocycles. The van der Waals surface area contributed by atoms with Crippen LogP contribution >= 0.6 is 11.3 Å². The highest BCUT2D eigenvalue weighted by molar-refractivity contribution is 7.12. The van der Waals surface area contributed by atoms with Crippen LogP contribution in [0.2, 0.25) is 0 Å². The summed E-state index contributed by atoms with van der Waals surface area (Å²) in [7, 11) is 1.96. The third-order valence-electron chi connectivity index (χ3n) is 1.77. The predicted octanol–water partition coefficient (Wildman–Crippen LogP) is 1.43. The molecule has 0 radical (unpaired) electrons. The lowest BCUT2D eigenvalue weighted by molar-refractivity contribution is 0.139. The Morgan fingerprint density at radius 1 is 1.64 bits per heavy atom. The van der Waals surface area contributed by atoms with E-state index in [1.807, 2.05) is 24.1 Å². The molecule has 0 bridgehead atoms. The predicted molar refractivity (Wildman–Crippen MR) is 57.0 cm³/mol.